The van der Waals surface area contributed by atoms with Crippen LogP contribution in [0.4, 0.5) is 23.7 Å². The number of nitrogens with one attached hydrogen (secondary N) is 1. The molecule has 2 heterocycles. The third-order valence-electron chi connectivity index (χ3n) is 4.73. The Morgan fingerprint density at radius 1 is 1.21 bits per heavy atom. The van der Waals surface area contributed by atoms with Crippen LogP contribution in [0.25, 0.3) is 0 Å². The van der Waals surface area contributed by atoms with Gasteiger partial charge < -0.3 is 10.2 Å². The van der Waals surface area contributed by atoms with Crippen molar-refractivity contribution < 1.29 is 22.8 Å². The minimum Gasteiger partial charge on any atom is -0.314 e. The van der Waals surface area contributed by atoms with Gasteiger partial charge in [-0.2, -0.15) is 5.10 Å². The predicted octanol–water partition coefficient (Wildman–Crippen LogP) is 4.36. The van der Waals surface area contributed by atoms with Crippen LogP contribution in [0, 0.1) is 22.9 Å². The van der Waals surface area contributed by atoms with Crippen LogP contribution in [-0.4, -0.2) is 32.5 Å². The highest BCUT2D eigenvalue weighted by molar-refractivity contribution is 5.97. The van der Waals surface area contributed by atoms with Crippen LogP contribution >= 0.6 is 0 Å². The Morgan fingerprint density at radius 3 is 2.41 bits per heavy atom. The predicted molar refractivity (Wildman–Crippen MR) is 101 cm³/mol. The molecule has 0 saturated heterocycles. The smallest absolute Gasteiger partial charge is 0.314 e. The number of ketones is 1. The Labute approximate surface area is 166 Å². The Kier molecular flexibility index (Phi) is 5.42. The van der Waals surface area contributed by atoms with E-state index in [1.807, 2.05) is 20.8 Å². The Morgan fingerprint density at radius 2 is 1.83 bits per heavy atom. The van der Waals surface area contributed by atoms with Crippen molar-refractivity contribution in [3.05, 3.63) is 47.0 Å². The number of rotatable bonds is 3. The second-order valence-corrected chi connectivity index (χ2v) is 8.51. The first-order chi connectivity index (χ1) is 13.5. The first-order valence-electron chi connectivity index (χ1n) is 9.26. The standard InChI is InChI=1S/C20H23F3N4O2/c1-11-9-27-16(13(8-24-27)17(28)7-20(2,3)4)10-26(11)19(29)25-12-5-14(21)18(23)15(22)6-12/h5-6,8,11H,7,9-10H2,1-4H3,(H,25,29)/t11-/m0/s1. The number of fused-ring (bicyclic) bond motifs is 1. The van der Waals surface area contributed by atoms with Crippen molar-refractivity contribution in [2.45, 2.75) is 53.2 Å². The van der Waals surface area contributed by atoms with Gasteiger partial charge in [-0.1, -0.05) is 20.8 Å². The van der Waals surface area contributed by atoms with E-state index < -0.39 is 23.5 Å². The molecule has 0 unspecified atom stereocenters. The Bertz CT molecular complexity index is 942. The average molecular weight is 408 g/mol. The van der Waals surface area contributed by atoms with Gasteiger partial charge in [0.2, 0.25) is 0 Å². The lowest BCUT2D eigenvalue weighted by Crippen LogP contribution is -2.47. The van der Waals surface area contributed by atoms with Gasteiger partial charge in [-0.3, -0.25) is 9.48 Å². The number of anilines is 1. The molecule has 1 aliphatic rings. The topological polar surface area (TPSA) is 67.2 Å². The van der Waals surface area contributed by atoms with E-state index in [2.05, 4.69) is 10.4 Å². The van der Waals surface area contributed by atoms with Gasteiger partial charge in [0, 0.05) is 24.2 Å². The lowest BCUT2D eigenvalue weighted by atomic mass is 9.88. The fourth-order valence-electron chi connectivity index (χ4n) is 3.31. The SMILES string of the molecule is C[C@H]1Cn2ncc(C(=O)CC(C)(C)C)c2CN1C(=O)Nc1cc(F)c(F)c(F)c1. The number of nitrogens with zero attached hydrogens (tertiary/aromatic N) is 3. The zero-order valence-electron chi connectivity index (χ0n) is 16.7. The fraction of sp³-hybridized carbons (Fsp3) is 0.450. The number of hydrogen-bond acceptors (Lipinski definition) is 3. The molecule has 2 aromatic rings. The molecule has 3 rings (SSSR count). The van der Waals surface area contributed by atoms with Gasteiger partial charge in [-0.25, -0.2) is 18.0 Å². The maximum absolute atomic E-state index is 13.4. The van der Waals surface area contributed by atoms with Gasteiger partial charge in [0.05, 0.1) is 36.6 Å². The van der Waals surface area contributed by atoms with E-state index in [4.69, 9.17) is 0 Å². The average Bonchev–Trinajstić information content (AvgIpc) is 3.00. The van der Waals surface area contributed by atoms with Crippen molar-refractivity contribution in [2.75, 3.05) is 5.32 Å². The summed E-state index contributed by atoms with van der Waals surface area (Å²) in [6, 6.07) is 0.550. The number of carbonyl (C=O) groups excluding carboxylic acids is 2. The minimum absolute atomic E-state index is 0.0589. The fourth-order valence-corrected chi connectivity index (χ4v) is 3.31. The maximum atomic E-state index is 13.4. The molecule has 2 amide bonds. The molecule has 0 radical (unpaired) electrons. The normalized spacial score (nSPS) is 16.5. The maximum Gasteiger partial charge on any atom is 0.322 e. The number of Topliss-reactive ketones (excluding diaryl/α,β-unsaturated/α-hetero) is 1. The molecular weight excluding hydrogens is 385 g/mol. The molecule has 0 saturated carbocycles. The van der Waals surface area contributed by atoms with Gasteiger partial charge in [0.25, 0.3) is 0 Å². The minimum atomic E-state index is -1.60. The first-order valence-corrected chi connectivity index (χ1v) is 9.26. The lowest BCUT2D eigenvalue weighted by Gasteiger charge is -2.34. The van der Waals surface area contributed by atoms with Crippen LogP contribution in [0.5, 0.6) is 0 Å². The Hall–Kier alpha value is -2.84. The third kappa shape index (κ3) is 4.44. The summed E-state index contributed by atoms with van der Waals surface area (Å²) >= 11 is 0. The summed E-state index contributed by atoms with van der Waals surface area (Å²) in [6.45, 7) is 8.17. The zero-order valence-corrected chi connectivity index (χ0v) is 16.7. The number of amides is 2. The van der Waals surface area contributed by atoms with Gasteiger partial charge >= 0.3 is 6.03 Å². The molecule has 1 aromatic carbocycles. The number of aromatic nitrogens is 2. The van der Waals surface area contributed by atoms with Crippen LogP contribution in [0.1, 0.15) is 50.2 Å². The van der Waals surface area contributed by atoms with E-state index >= 15 is 0 Å². The summed E-state index contributed by atoms with van der Waals surface area (Å²) in [5.74, 6) is -4.43. The van der Waals surface area contributed by atoms with Crippen molar-refractivity contribution in [3.8, 4) is 0 Å². The summed E-state index contributed by atoms with van der Waals surface area (Å²) in [7, 11) is 0. The number of halogens is 3. The highest BCUT2D eigenvalue weighted by Crippen LogP contribution is 2.27. The van der Waals surface area contributed by atoms with E-state index in [-0.39, 0.29) is 29.5 Å². The monoisotopic (exact) mass is 408 g/mol. The summed E-state index contributed by atoms with van der Waals surface area (Å²) in [5.41, 5.74) is 0.691. The zero-order chi connectivity index (χ0) is 21.5. The van der Waals surface area contributed by atoms with Crippen LogP contribution in [-0.2, 0) is 13.1 Å². The summed E-state index contributed by atoms with van der Waals surface area (Å²) in [5, 5.41) is 6.65. The van der Waals surface area contributed by atoms with Crippen LogP contribution in [0.3, 0.4) is 0 Å². The van der Waals surface area contributed by atoms with Crippen LogP contribution in [0.2, 0.25) is 0 Å². The largest absolute Gasteiger partial charge is 0.322 e. The lowest BCUT2D eigenvalue weighted by molar-refractivity contribution is 0.0934. The molecule has 0 bridgehead atoms. The molecular formula is C20H23F3N4O2. The second-order valence-electron chi connectivity index (χ2n) is 8.51. The van der Waals surface area contributed by atoms with Gasteiger partial charge in [0.15, 0.2) is 23.2 Å². The summed E-state index contributed by atoms with van der Waals surface area (Å²) in [6.07, 6.45) is 1.85. The van der Waals surface area contributed by atoms with E-state index in [1.165, 1.54) is 11.1 Å². The van der Waals surface area contributed by atoms with Gasteiger partial charge in [0.1, 0.15) is 0 Å². The highest BCUT2D eigenvalue weighted by Gasteiger charge is 2.32. The van der Waals surface area contributed by atoms with Crippen LogP contribution < -0.4 is 5.32 Å². The van der Waals surface area contributed by atoms with Crippen molar-refractivity contribution in [1.29, 1.82) is 0 Å². The quantitative estimate of drug-likeness (QED) is 0.606. The van der Waals surface area contributed by atoms with Crippen molar-refractivity contribution >= 4 is 17.5 Å². The molecule has 156 valence electrons. The molecule has 1 aromatic heterocycles. The van der Waals surface area contributed by atoms with Gasteiger partial charge in [-0.15, -0.1) is 0 Å². The molecule has 6 nitrogen and oxygen atoms in total. The highest BCUT2D eigenvalue weighted by atomic mass is 19.2. The number of benzene rings is 1. The number of carbonyl (C=O) groups is 2. The summed E-state index contributed by atoms with van der Waals surface area (Å²) in [4.78, 5) is 26.8. The molecule has 1 aliphatic heterocycles. The molecule has 0 aliphatic carbocycles. The van der Waals surface area contributed by atoms with E-state index in [1.54, 1.807) is 11.6 Å². The molecule has 1 N–H and O–H groups in total. The number of urea groups is 1. The molecule has 9 heteroatoms. The number of hydrogen-bond donors (Lipinski definition) is 1. The van der Waals surface area contributed by atoms with Crippen molar-refractivity contribution in [1.82, 2.24) is 14.7 Å². The molecule has 0 spiro atoms. The molecule has 1 atom stereocenters. The first kappa shape index (κ1) is 20.9. The second kappa shape index (κ2) is 7.53. The van der Waals surface area contributed by atoms with E-state index in [9.17, 15) is 22.8 Å². The van der Waals surface area contributed by atoms with Crippen molar-refractivity contribution in [3.63, 3.8) is 0 Å². The molecule has 0 fully saturated rings. The molecule has 29 heavy (non-hydrogen) atoms. The van der Waals surface area contributed by atoms with Crippen molar-refractivity contribution in [2.24, 2.45) is 5.41 Å². The Balaban J connectivity index is 1.81. The van der Waals surface area contributed by atoms with Crippen LogP contribution in [0.15, 0.2) is 18.3 Å². The van der Waals surface area contributed by atoms with E-state index in [0.717, 1.165) is 0 Å². The van der Waals surface area contributed by atoms with E-state index in [0.29, 0.717) is 36.4 Å². The van der Waals surface area contributed by atoms with Gasteiger partial charge in [-0.05, 0) is 12.3 Å². The third-order valence-corrected chi connectivity index (χ3v) is 4.73. The summed E-state index contributed by atoms with van der Waals surface area (Å²) < 4.78 is 41.6.